The zero-order valence-corrected chi connectivity index (χ0v) is 8.13. The smallest absolute Gasteiger partial charge is 0.0468 e. The fraction of sp³-hybridized carbons (Fsp3) is 0.500. The molecule has 14 heavy (non-hydrogen) atoms. The van der Waals surface area contributed by atoms with Crippen LogP contribution in [-0.4, -0.2) is 23.4 Å². The molecule has 76 valence electrons. The number of aliphatic hydroxyl groups excluding tert-OH is 2. The Balaban J connectivity index is 2.08. The highest BCUT2D eigenvalue weighted by Crippen LogP contribution is 2.46. The highest BCUT2D eigenvalue weighted by atomic mass is 16.3. The van der Waals surface area contributed by atoms with Gasteiger partial charge >= 0.3 is 0 Å². The molecule has 1 aromatic rings. The quantitative estimate of drug-likeness (QED) is 0.759. The maximum Gasteiger partial charge on any atom is 0.0468 e. The van der Waals surface area contributed by atoms with Crippen LogP contribution in [0.4, 0.5) is 0 Å². The number of benzene rings is 1. The van der Waals surface area contributed by atoms with E-state index < -0.39 is 0 Å². The van der Waals surface area contributed by atoms with E-state index >= 15 is 0 Å². The van der Waals surface area contributed by atoms with Crippen LogP contribution in [0.3, 0.4) is 0 Å². The molecule has 1 aromatic carbocycles. The Hall–Kier alpha value is -0.860. The zero-order valence-electron chi connectivity index (χ0n) is 8.13. The number of rotatable bonds is 3. The summed E-state index contributed by atoms with van der Waals surface area (Å²) in [6.07, 6.45) is 1.01. The van der Waals surface area contributed by atoms with E-state index in [9.17, 15) is 5.11 Å². The van der Waals surface area contributed by atoms with Gasteiger partial charge in [-0.25, -0.2) is 0 Å². The Labute approximate surface area is 84.2 Å². The van der Waals surface area contributed by atoms with Gasteiger partial charge in [0.05, 0.1) is 0 Å². The standard InChI is InChI=1S/C12H16O2/c13-7-10-6-11(12(10)8-14)9-4-2-1-3-5-9/h1-5,10-14H,6-8H2/t10-,11+,12+/m0/s1. The van der Waals surface area contributed by atoms with Crippen molar-refractivity contribution in [2.24, 2.45) is 11.8 Å². The first-order valence-electron chi connectivity index (χ1n) is 5.13. The molecule has 1 fully saturated rings. The third kappa shape index (κ3) is 1.56. The summed E-state index contributed by atoms with van der Waals surface area (Å²) in [5.74, 6) is 0.992. The van der Waals surface area contributed by atoms with Crippen LogP contribution < -0.4 is 0 Å². The summed E-state index contributed by atoms with van der Waals surface area (Å²) in [6, 6.07) is 10.2. The fourth-order valence-corrected chi connectivity index (χ4v) is 2.38. The molecule has 3 atom stereocenters. The molecule has 0 amide bonds. The van der Waals surface area contributed by atoms with Crippen LogP contribution in [0.5, 0.6) is 0 Å². The predicted molar refractivity (Wildman–Crippen MR) is 55.0 cm³/mol. The Bertz CT molecular complexity index is 284. The normalized spacial score (nSPS) is 31.1. The molecule has 0 unspecified atom stereocenters. The van der Waals surface area contributed by atoms with Crippen LogP contribution in [0.15, 0.2) is 30.3 Å². The van der Waals surface area contributed by atoms with Crippen LogP contribution in [0.2, 0.25) is 0 Å². The highest BCUT2D eigenvalue weighted by Gasteiger charge is 2.40. The third-order valence-corrected chi connectivity index (χ3v) is 3.35. The molecule has 0 spiro atoms. The van der Waals surface area contributed by atoms with Gasteiger partial charge in [-0.05, 0) is 29.7 Å². The van der Waals surface area contributed by atoms with E-state index in [0.717, 1.165) is 6.42 Å². The minimum Gasteiger partial charge on any atom is -0.396 e. The largest absolute Gasteiger partial charge is 0.396 e. The first-order valence-corrected chi connectivity index (χ1v) is 5.13. The molecule has 2 N–H and O–H groups in total. The molecule has 2 heteroatoms. The summed E-state index contributed by atoms with van der Waals surface area (Å²) in [5.41, 5.74) is 1.29. The molecule has 2 rings (SSSR count). The lowest BCUT2D eigenvalue weighted by molar-refractivity contribution is 0.0221. The topological polar surface area (TPSA) is 40.5 Å². The average Bonchev–Trinajstić information content (AvgIpc) is 2.19. The lowest BCUT2D eigenvalue weighted by Crippen LogP contribution is -2.39. The van der Waals surface area contributed by atoms with Crippen molar-refractivity contribution >= 4 is 0 Å². The minimum absolute atomic E-state index is 0.185. The fourth-order valence-electron chi connectivity index (χ4n) is 2.38. The van der Waals surface area contributed by atoms with E-state index in [2.05, 4.69) is 12.1 Å². The number of aliphatic hydroxyl groups is 2. The van der Waals surface area contributed by atoms with Crippen molar-refractivity contribution in [2.75, 3.05) is 13.2 Å². The van der Waals surface area contributed by atoms with Gasteiger partial charge in [0.25, 0.3) is 0 Å². The van der Waals surface area contributed by atoms with E-state index in [-0.39, 0.29) is 19.1 Å². The molecular formula is C12H16O2. The second-order valence-electron chi connectivity index (χ2n) is 4.04. The van der Waals surface area contributed by atoms with Gasteiger partial charge in [0.1, 0.15) is 0 Å². The molecule has 2 nitrogen and oxygen atoms in total. The van der Waals surface area contributed by atoms with Gasteiger partial charge in [-0.2, -0.15) is 0 Å². The Morgan fingerprint density at radius 3 is 2.36 bits per heavy atom. The molecule has 0 aliphatic heterocycles. The summed E-state index contributed by atoms with van der Waals surface area (Å²) in [5, 5.41) is 18.2. The van der Waals surface area contributed by atoms with E-state index in [1.165, 1.54) is 5.56 Å². The molecule has 0 bridgehead atoms. The number of hydrogen-bond acceptors (Lipinski definition) is 2. The first-order chi connectivity index (χ1) is 6.86. The maximum absolute atomic E-state index is 9.21. The third-order valence-electron chi connectivity index (χ3n) is 3.35. The van der Waals surface area contributed by atoms with Gasteiger partial charge < -0.3 is 10.2 Å². The molecule has 1 saturated carbocycles. The van der Waals surface area contributed by atoms with Crippen molar-refractivity contribution in [1.82, 2.24) is 0 Å². The Morgan fingerprint density at radius 2 is 1.79 bits per heavy atom. The van der Waals surface area contributed by atoms with Crippen LogP contribution in [0.25, 0.3) is 0 Å². The van der Waals surface area contributed by atoms with Gasteiger partial charge in [0, 0.05) is 13.2 Å². The minimum atomic E-state index is 0.185. The lowest BCUT2D eigenvalue weighted by atomic mass is 9.63. The monoisotopic (exact) mass is 192 g/mol. The van der Waals surface area contributed by atoms with Crippen molar-refractivity contribution in [3.63, 3.8) is 0 Å². The van der Waals surface area contributed by atoms with Gasteiger partial charge in [0.15, 0.2) is 0 Å². The average molecular weight is 192 g/mol. The molecule has 1 aliphatic rings. The van der Waals surface area contributed by atoms with Crippen LogP contribution >= 0.6 is 0 Å². The summed E-state index contributed by atoms with van der Waals surface area (Å²) < 4.78 is 0. The molecule has 0 saturated heterocycles. The highest BCUT2D eigenvalue weighted by molar-refractivity contribution is 5.23. The summed E-state index contributed by atoms with van der Waals surface area (Å²) in [7, 11) is 0. The summed E-state index contributed by atoms with van der Waals surface area (Å²) >= 11 is 0. The SMILES string of the molecule is OC[C@@H]1C[C@H](c2ccccc2)[C@@H]1CO. The van der Waals surface area contributed by atoms with E-state index in [1.54, 1.807) is 0 Å². The lowest BCUT2D eigenvalue weighted by Gasteiger charge is -2.43. The predicted octanol–water partition coefficient (Wildman–Crippen LogP) is 1.39. The van der Waals surface area contributed by atoms with Crippen LogP contribution in [0.1, 0.15) is 17.9 Å². The van der Waals surface area contributed by atoms with Crippen molar-refractivity contribution in [3.05, 3.63) is 35.9 Å². The van der Waals surface area contributed by atoms with Crippen molar-refractivity contribution in [2.45, 2.75) is 12.3 Å². The van der Waals surface area contributed by atoms with Crippen LogP contribution in [0, 0.1) is 11.8 Å². The van der Waals surface area contributed by atoms with E-state index in [0.29, 0.717) is 11.8 Å². The molecule has 0 radical (unpaired) electrons. The Morgan fingerprint density at radius 1 is 1.07 bits per heavy atom. The number of hydrogen-bond donors (Lipinski definition) is 2. The second kappa shape index (κ2) is 4.11. The van der Waals surface area contributed by atoms with Crippen molar-refractivity contribution in [3.8, 4) is 0 Å². The van der Waals surface area contributed by atoms with E-state index in [4.69, 9.17) is 5.11 Å². The van der Waals surface area contributed by atoms with Crippen LogP contribution in [-0.2, 0) is 0 Å². The van der Waals surface area contributed by atoms with Crippen molar-refractivity contribution in [1.29, 1.82) is 0 Å². The zero-order chi connectivity index (χ0) is 9.97. The van der Waals surface area contributed by atoms with Gasteiger partial charge in [0.2, 0.25) is 0 Å². The van der Waals surface area contributed by atoms with Gasteiger partial charge in [-0.3, -0.25) is 0 Å². The summed E-state index contributed by atoms with van der Waals surface area (Å²) in [6.45, 7) is 0.388. The van der Waals surface area contributed by atoms with Gasteiger partial charge in [-0.15, -0.1) is 0 Å². The Kier molecular flexibility index (Phi) is 2.85. The summed E-state index contributed by atoms with van der Waals surface area (Å²) in [4.78, 5) is 0. The van der Waals surface area contributed by atoms with E-state index in [1.807, 2.05) is 18.2 Å². The van der Waals surface area contributed by atoms with Crippen molar-refractivity contribution < 1.29 is 10.2 Å². The molecule has 0 heterocycles. The second-order valence-corrected chi connectivity index (χ2v) is 4.04. The molecule has 0 aromatic heterocycles. The molecule has 1 aliphatic carbocycles. The first kappa shape index (κ1) is 9.69. The maximum atomic E-state index is 9.21. The molecular weight excluding hydrogens is 176 g/mol. The van der Waals surface area contributed by atoms with Gasteiger partial charge in [-0.1, -0.05) is 30.3 Å².